The lowest BCUT2D eigenvalue weighted by atomic mass is 10.1. The summed E-state index contributed by atoms with van der Waals surface area (Å²) in [6.07, 6.45) is 0. The van der Waals surface area contributed by atoms with Gasteiger partial charge in [-0.2, -0.15) is 0 Å². The molecule has 4 nitrogen and oxygen atoms in total. The molecule has 0 saturated carbocycles. The van der Waals surface area contributed by atoms with Crippen LogP contribution in [0.4, 0.5) is 0 Å². The number of ether oxygens (including phenoxy) is 1. The number of aryl methyl sites for hydroxylation is 4. The number of rotatable bonds is 5. The SMILES string of the molecule is Cc1cc(C)cc(C(=O)OCC(=O)N(C)Cc2ccc(C)cc2C)c1. The number of likely N-dealkylation sites (N-methyl/N-ethyl adjacent to an activating group) is 1. The van der Waals surface area contributed by atoms with Crippen molar-refractivity contribution in [1.29, 1.82) is 0 Å². The van der Waals surface area contributed by atoms with Crippen LogP contribution in [0.5, 0.6) is 0 Å². The third kappa shape index (κ3) is 5.18. The van der Waals surface area contributed by atoms with Gasteiger partial charge in [0, 0.05) is 13.6 Å². The molecule has 132 valence electrons. The van der Waals surface area contributed by atoms with E-state index in [1.807, 2.05) is 45.9 Å². The number of carbonyl (C=O) groups excluding carboxylic acids is 2. The van der Waals surface area contributed by atoms with E-state index in [-0.39, 0.29) is 12.5 Å². The van der Waals surface area contributed by atoms with Crippen molar-refractivity contribution >= 4 is 11.9 Å². The summed E-state index contributed by atoms with van der Waals surface area (Å²) in [5.41, 5.74) is 5.88. The van der Waals surface area contributed by atoms with Gasteiger partial charge >= 0.3 is 5.97 Å². The minimum absolute atomic E-state index is 0.224. The highest BCUT2D eigenvalue weighted by Gasteiger charge is 2.15. The summed E-state index contributed by atoms with van der Waals surface area (Å²) < 4.78 is 5.18. The molecule has 0 spiro atoms. The second-order valence-electron chi connectivity index (χ2n) is 6.63. The van der Waals surface area contributed by atoms with Crippen molar-refractivity contribution < 1.29 is 14.3 Å². The molecule has 0 N–H and O–H groups in total. The number of hydrogen-bond donors (Lipinski definition) is 0. The van der Waals surface area contributed by atoms with Crippen LogP contribution in [0.3, 0.4) is 0 Å². The topological polar surface area (TPSA) is 46.6 Å². The van der Waals surface area contributed by atoms with Crippen molar-refractivity contribution in [1.82, 2.24) is 4.90 Å². The van der Waals surface area contributed by atoms with Crippen LogP contribution in [0.15, 0.2) is 36.4 Å². The fourth-order valence-corrected chi connectivity index (χ4v) is 2.78. The Bertz CT molecular complexity index is 775. The first-order chi connectivity index (χ1) is 11.8. The smallest absolute Gasteiger partial charge is 0.338 e. The molecule has 25 heavy (non-hydrogen) atoms. The predicted molar refractivity (Wildman–Crippen MR) is 98.6 cm³/mol. The number of hydrogen-bond acceptors (Lipinski definition) is 3. The van der Waals surface area contributed by atoms with E-state index < -0.39 is 5.97 Å². The van der Waals surface area contributed by atoms with Gasteiger partial charge in [-0.05, 0) is 51.0 Å². The van der Waals surface area contributed by atoms with Gasteiger partial charge in [0.25, 0.3) is 5.91 Å². The van der Waals surface area contributed by atoms with E-state index in [4.69, 9.17) is 4.74 Å². The van der Waals surface area contributed by atoms with Crippen molar-refractivity contribution in [3.05, 3.63) is 69.8 Å². The maximum Gasteiger partial charge on any atom is 0.338 e. The van der Waals surface area contributed by atoms with Crippen LogP contribution >= 0.6 is 0 Å². The number of benzene rings is 2. The molecule has 0 aliphatic heterocycles. The Morgan fingerprint density at radius 1 is 0.920 bits per heavy atom. The standard InChI is InChI=1S/C21H25NO3/c1-14-6-7-18(17(4)9-14)12-22(5)20(23)13-25-21(24)19-10-15(2)8-16(3)11-19/h6-11H,12-13H2,1-5H3. The van der Waals surface area contributed by atoms with E-state index in [2.05, 4.69) is 6.07 Å². The zero-order valence-corrected chi connectivity index (χ0v) is 15.6. The summed E-state index contributed by atoms with van der Waals surface area (Å²) in [5.74, 6) is -0.697. The quantitative estimate of drug-likeness (QED) is 0.780. The van der Waals surface area contributed by atoms with Crippen LogP contribution in [0.25, 0.3) is 0 Å². The highest BCUT2D eigenvalue weighted by molar-refractivity contribution is 5.91. The maximum absolute atomic E-state index is 12.2. The molecule has 0 heterocycles. The minimum Gasteiger partial charge on any atom is -0.452 e. The van der Waals surface area contributed by atoms with E-state index in [1.165, 1.54) is 5.56 Å². The normalized spacial score (nSPS) is 10.4. The molecule has 1 amide bonds. The van der Waals surface area contributed by atoms with Gasteiger partial charge in [-0.25, -0.2) is 4.79 Å². The van der Waals surface area contributed by atoms with E-state index in [0.29, 0.717) is 12.1 Å². The summed E-state index contributed by atoms with van der Waals surface area (Å²) in [6.45, 7) is 8.15. The minimum atomic E-state index is -0.472. The van der Waals surface area contributed by atoms with E-state index >= 15 is 0 Å². The molecule has 0 radical (unpaired) electrons. The maximum atomic E-state index is 12.2. The van der Waals surface area contributed by atoms with E-state index in [0.717, 1.165) is 22.3 Å². The lowest BCUT2D eigenvalue weighted by Crippen LogP contribution is -2.31. The van der Waals surface area contributed by atoms with Gasteiger partial charge in [-0.3, -0.25) is 4.79 Å². The van der Waals surface area contributed by atoms with Crippen LogP contribution < -0.4 is 0 Å². The third-order valence-electron chi connectivity index (χ3n) is 4.12. The predicted octanol–water partition coefficient (Wildman–Crippen LogP) is 3.74. The molecule has 2 aromatic rings. The first-order valence-electron chi connectivity index (χ1n) is 8.32. The molecular weight excluding hydrogens is 314 g/mol. The second kappa shape index (κ2) is 7.97. The molecule has 0 aliphatic rings. The number of carbonyl (C=O) groups is 2. The Morgan fingerprint density at radius 3 is 2.16 bits per heavy atom. The molecule has 0 aromatic heterocycles. The fraction of sp³-hybridized carbons (Fsp3) is 0.333. The summed E-state index contributed by atoms with van der Waals surface area (Å²) in [7, 11) is 1.71. The average Bonchev–Trinajstić information content (AvgIpc) is 2.53. The molecule has 2 aromatic carbocycles. The molecule has 0 fully saturated rings. The highest BCUT2D eigenvalue weighted by atomic mass is 16.5. The molecule has 0 unspecified atom stereocenters. The van der Waals surface area contributed by atoms with Crippen molar-refractivity contribution in [2.75, 3.05) is 13.7 Å². The molecular formula is C21H25NO3. The monoisotopic (exact) mass is 339 g/mol. The van der Waals surface area contributed by atoms with Crippen molar-refractivity contribution in [3.8, 4) is 0 Å². The molecule has 0 saturated heterocycles. The van der Waals surface area contributed by atoms with E-state index in [9.17, 15) is 9.59 Å². The molecule has 0 bridgehead atoms. The van der Waals surface area contributed by atoms with Crippen LogP contribution in [-0.4, -0.2) is 30.4 Å². The van der Waals surface area contributed by atoms with Crippen LogP contribution in [0.1, 0.15) is 38.2 Å². The van der Waals surface area contributed by atoms with Gasteiger partial charge < -0.3 is 9.64 Å². The third-order valence-corrected chi connectivity index (χ3v) is 4.12. The zero-order chi connectivity index (χ0) is 18.6. The zero-order valence-electron chi connectivity index (χ0n) is 15.6. The summed E-state index contributed by atoms with van der Waals surface area (Å²) >= 11 is 0. The van der Waals surface area contributed by atoms with Crippen molar-refractivity contribution in [3.63, 3.8) is 0 Å². The van der Waals surface area contributed by atoms with Gasteiger partial charge in [0.1, 0.15) is 0 Å². The average molecular weight is 339 g/mol. The fourth-order valence-electron chi connectivity index (χ4n) is 2.78. The van der Waals surface area contributed by atoms with Gasteiger partial charge in [0.2, 0.25) is 0 Å². The van der Waals surface area contributed by atoms with Crippen molar-refractivity contribution in [2.24, 2.45) is 0 Å². The molecule has 0 atom stereocenters. The summed E-state index contributed by atoms with van der Waals surface area (Å²) in [4.78, 5) is 26.0. The number of amides is 1. The Balaban J connectivity index is 1.93. The van der Waals surface area contributed by atoms with Gasteiger partial charge in [0.15, 0.2) is 6.61 Å². The summed E-state index contributed by atoms with van der Waals surface area (Å²) in [6, 6.07) is 11.7. The Kier molecular flexibility index (Phi) is 5.97. The molecule has 0 aliphatic carbocycles. The highest BCUT2D eigenvalue weighted by Crippen LogP contribution is 2.13. The Labute approximate surface area is 149 Å². The summed E-state index contributed by atoms with van der Waals surface area (Å²) in [5, 5.41) is 0. The van der Waals surface area contributed by atoms with Crippen LogP contribution in [-0.2, 0) is 16.1 Å². The van der Waals surface area contributed by atoms with Crippen LogP contribution in [0, 0.1) is 27.7 Å². The number of nitrogens with zero attached hydrogens (tertiary/aromatic N) is 1. The number of esters is 1. The lowest BCUT2D eigenvalue weighted by molar-refractivity contribution is -0.133. The van der Waals surface area contributed by atoms with Gasteiger partial charge in [-0.1, -0.05) is 41.0 Å². The first kappa shape index (κ1) is 18.7. The van der Waals surface area contributed by atoms with Crippen LogP contribution in [0.2, 0.25) is 0 Å². The Morgan fingerprint density at radius 2 is 1.56 bits per heavy atom. The van der Waals surface area contributed by atoms with E-state index in [1.54, 1.807) is 24.1 Å². The first-order valence-corrected chi connectivity index (χ1v) is 8.32. The Hall–Kier alpha value is -2.62. The van der Waals surface area contributed by atoms with Gasteiger partial charge in [0.05, 0.1) is 5.56 Å². The largest absolute Gasteiger partial charge is 0.452 e. The second-order valence-corrected chi connectivity index (χ2v) is 6.63. The molecule has 4 heteroatoms. The van der Waals surface area contributed by atoms with Crippen molar-refractivity contribution in [2.45, 2.75) is 34.2 Å². The van der Waals surface area contributed by atoms with Gasteiger partial charge in [-0.15, -0.1) is 0 Å². The lowest BCUT2D eigenvalue weighted by Gasteiger charge is -2.19. The molecule has 2 rings (SSSR count).